The third-order valence-corrected chi connectivity index (χ3v) is 10.3. The van der Waals surface area contributed by atoms with Crippen LogP contribution in [0.1, 0.15) is 53.7 Å². The number of rotatable bonds is 13. The minimum atomic E-state index is -1.77. The quantitative estimate of drug-likeness (QED) is 0.0718. The fourth-order valence-corrected chi connectivity index (χ4v) is 6.83. The van der Waals surface area contributed by atoms with Gasteiger partial charge in [0.1, 0.15) is 35.7 Å². The van der Waals surface area contributed by atoms with Gasteiger partial charge in [0.15, 0.2) is 0 Å². The zero-order valence-electron chi connectivity index (χ0n) is 32.7. The number of unbranched alkanes of at least 4 members (excludes halogenated alkanes) is 1. The Balaban J connectivity index is 1.49. The van der Waals surface area contributed by atoms with Crippen molar-refractivity contribution in [2.24, 2.45) is 5.73 Å². The largest absolute Gasteiger partial charge is 0.507 e. The summed E-state index contributed by atoms with van der Waals surface area (Å²) < 4.78 is 0. The van der Waals surface area contributed by atoms with Gasteiger partial charge in [0.25, 0.3) is 11.7 Å². The van der Waals surface area contributed by atoms with Gasteiger partial charge in [-0.15, -0.1) is 0 Å². The monoisotopic (exact) mass is 840 g/mol. The molecule has 16 nitrogen and oxygen atoms in total. The highest BCUT2D eigenvalue weighted by Gasteiger charge is 2.36. The number of benzene rings is 4. The molecule has 0 radical (unpaired) electrons. The summed E-state index contributed by atoms with van der Waals surface area (Å²) in [4.78, 5) is 93.1. The predicted octanol–water partition coefficient (Wildman–Crippen LogP) is 2.83. The maximum Gasteiger partial charge on any atom is 0.374 e. The number of carbonyl (C=O) groups excluding carboxylic acids is 6. The molecule has 5 amide bonds. The first-order valence-corrected chi connectivity index (χ1v) is 19.4. The fourth-order valence-electron chi connectivity index (χ4n) is 6.70. The highest BCUT2D eigenvalue weighted by Crippen LogP contribution is 2.39. The minimum Gasteiger partial charge on any atom is -0.507 e. The van der Waals surface area contributed by atoms with Gasteiger partial charge >= 0.3 is 5.97 Å². The molecule has 0 saturated heterocycles. The number of nitrogens with one attached hydrogen (secondary N) is 4. The lowest BCUT2D eigenvalue weighted by atomic mass is 9.93. The number of phenols is 2. The number of amides is 5. The molecule has 1 heterocycles. The number of fused-ring (bicyclic) bond motifs is 5. The molecule has 1 aliphatic rings. The number of carboxylic acids is 1. The average molecular weight is 841 g/mol. The lowest BCUT2D eigenvalue weighted by Crippen LogP contribution is -2.56. The molecule has 9 N–H and O–H groups in total. The molecule has 0 aliphatic carbocycles. The number of likely N-dealkylation sites (N-methyl/N-ethyl adjacent to an activating group) is 1. The first kappa shape index (κ1) is 44.3. The Morgan fingerprint density at radius 2 is 1.47 bits per heavy atom. The Labute approximate surface area is 350 Å². The third kappa shape index (κ3) is 10.8. The number of aliphatic carboxylic acids is 1. The number of nitrogens with two attached hydrogens (primary N) is 1. The van der Waals surface area contributed by atoms with Gasteiger partial charge in [-0.25, -0.2) is 4.79 Å². The van der Waals surface area contributed by atoms with Crippen LogP contribution in [0.5, 0.6) is 11.5 Å². The highest BCUT2D eigenvalue weighted by atomic mass is 35.5. The predicted molar refractivity (Wildman–Crippen MR) is 221 cm³/mol. The van der Waals surface area contributed by atoms with Gasteiger partial charge in [0.05, 0.1) is 6.54 Å². The van der Waals surface area contributed by atoms with Crippen molar-refractivity contribution in [2.75, 3.05) is 20.1 Å². The lowest BCUT2D eigenvalue weighted by molar-refractivity contribution is -0.149. The molecule has 4 aromatic carbocycles. The second-order valence-corrected chi connectivity index (χ2v) is 14.8. The number of nitrogens with zero attached hydrogens (tertiary/aromatic N) is 1. The van der Waals surface area contributed by atoms with Crippen LogP contribution in [-0.2, 0) is 35.2 Å². The summed E-state index contributed by atoms with van der Waals surface area (Å²) in [5.41, 5.74) is 8.43. The molecule has 4 unspecified atom stereocenters. The van der Waals surface area contributed by atoms with Crippen molar-refractivity contribution in [3.63, 3.8) is 0 Å². The maximum atomic E-state index is 14.5. The number of carboxylic acid groups (broad SMARTS) is 1. The lowest BCUT2D eigenvalue weighted by Gasteiger charge is -2.32. The molecule has 4 atom stereocenters. The number of hydrogen-bond donors (Lipinski definition) is 8. The molecule has 0 fully saturated rings. The number of phenolic OH excluding ortho intramolecular Hbond substituents is 2. The third-order valence-electron chi connectivity index (χ3n) is 10.0. The van der Waals surface area contributed by atoms with Crippen molar-refractivity contribution in [1.82, 2.24) is 26.2 Å². The van der Waals surface area contributed by atoms with E-state index in [1.807, 2.05) is 12.1 Å². The van der Waals surface area contributed by atoms with Crippen molar-refractivity contribution in [3.8, 4) is 33.8 Å². The van der Waals surface area contributed by atoms with Crippen LogP contribution >= 0.6 is 11.6 Å². The number of ketones is 1. The smallest absolute Gasteiger partial charge is 0.374 e. The molecule has 314 valence electrons. The molecule has 0 aromatic heterocycles. The van der Waals surface area contributed by atoms with Gasteiger partial charge in [-0.3, -0.25) is 28.8 Å². The van der Waals surface area contributed by atoms with E-state index in [1.54, 1.807) is 36.4 Å². The van der Waals surface area contributed by atoms with Crippen molar-refractivity contribution in [1.29, 1.82) is 0 Å². The van der Waals surface area contributed by atoms with Gasteiger partial charge in [0, 0.05) is 35.2 Å². The first-order chi connectivity index (χ1) is 28.6. The normalized spacial score (nSPS) is 16.9. The van der Waals surface area contributed by atoms with E-state index in [0.717, 1.165) is 16.0 Å². The van der Waals surface area contributed by atoms with E-state index >= 15 is 0 Å². The zero-order valence-corrected chi connectivity index (χ0v) is 33.5. The maximum absolute atomic E-state index is 14.5. The van der Waals surface area contributed by atoms with Crippen molar-refractivity contribution in [2.45, 2.75) is 56.8 Å². The SMILES string of the molecule is CC1NC(=O)C(N(C)C(=O)C(CCCCN)NC(=O)c2ccc(-c3ccc(Cl)cc3)cc2)c2ccc(O)c(c2)-c2cc(ccc2O)CC(C(=O)NCC(=O)C(=O)O)NC1=O. The van der Waals surface area contributed by atoms with Crippen LogP contribution in [0.3, 0.4) is 0 Å². The van der Waals surface area contributed by atoms with Gasteiger partial charge in [-0.05, 0) is 104 Å². The van der Waals surface area contributed by atoms with Crippen molar-refractivity contribution < 1.29 is 48.9 Å². The Hall–Kier alpha value is -6.78. The Bertz CT molecular complexity index is 2280. The summed E-state index contributed by atoms with van der Waals surface area (Å²) in [6.07, 6.45) is 0.930. The highest BCUT2D eigenvalue weighted by molar-refractivity contribution is 6.33. The summed E-state index contributed by atoms with van der Waals surface area (Å²) in [6, 6.07) is 16.9. The number of Topliss-reactive ketones (excluding diaryl/α,β-unsaturated/α-hetero) is 1. The molecule has 4 bridgehead atoms. The topological polar surface area (TPSA) is 258 Å². The summed E-state index contributed by atoms with van der Waals surface area (Å²) >= 11 is 6.03. The molecule has 1 aliphatic heterocycles. The number of halogens is 1. The van der Waals surface area contributed by atoms with Crippen LogP contribution < -0.4 is 27.0 Å². The number of aromatic hydroxyl groups is 2. The summed E-state index contributed by atoms with van der Waals surface area (Å²) in [7, 11) is 1.35. The summed E-state index contributed by atoms with van der Waals surface area (Å²) in [5, 5.41) is 41.7. The van der Waals surface area contributed by atoms with Crippen LogP contribution in [0.4, 0.5) is 0 Å². The van der Waals surface area contributed by atoms with Gasteiger partial charge < -0.3 is 47.2 Å². The molecule has 5 rings (SSSR count). The van der Waals surface area contributed by atoms with Crippen LogP contribution in [0.2, 0.25) is 5.02 Å². The van der Waals surface area contributed by atoms with Crippen LogP contribution in [0.15, 0.2) is 84.9 Å². The number of carbonyl (C=O) groups is 7. The van der Waals surface area contributed by atoms with Crippen LogP contribution in [0.25, 0.3) is 22.3 Å². The molecular formula is C43H45ClN6O10. The van der Waals surface area contributed by atoms with Crippen LogP contribution in [0, 0.1) is 0 Å². The number of hydrogen-bond acceptors (Lipinski definition) is 10. The van der Waals surface area contributed by atoms with Crippen LogP contribution in [-0.4, -0.2) is 99.8 Å². The van der Waals surface area contributed by atoms with Crippen molar-refractivity contribution >= 4 is 52.9 Å². The van der Waals surface area contributed by atoms with Gasteiger partial charge in [0.2, 0.25) is 23.6 Å². The summed E-state index contributed by atoms with van der Waals surface area (Å²) in [5.74, 6) is -7.47. The fraction of sp³-hybridized carbons (Fsp3) is 0.279. The van der Waals surface area contributed by atoms with E-state index in [4.69, 9.17) is 22.4 Å². The molecule has 0 spiro atoms. The molecule has 60 heavy (non-hydrogen) atoms. The van der Waals surface area contributed by atoms with E-state index in [1.165, 1.54) is 50.4 Å². The molecular weight excluding hydrogens is 796 g/mol. The Morgan fingerprint density at radius 1 is 0.850 bits per heavy atom. The standard InChI is InChI=1S/C43H45ClN6O10/c1-23-38(54)49-33(40(56)46-22-36(53)43(59)60)20-24-6-16-34(51)30(19-24)31-21-28(13-17-35(31)52)37(41(57)47-23)50(2)42(58)32(5-3-4-18-45)48-39(55)27-9-7-25(8-10-27)26-11-14-29(44)15-12-26/h6-17,19,21,23,32-33,37,51-52H,3-5,18,20,22,45H2,1-2H3,(H,46,56)(H,47,57)(H,48,55)(H,49,54)(H,59,60). The van der Waals surface area contributed by atoms with E-state index in [-0.39, 0.29) is 46.6 Å². The molecule has 17 heteroatoms. The van der Waals surface area contributed by atoms with E-state index in [9.17, 15) is 43.8 Å². The van der Waals surface area contributed by atoms with E-state index in [0.29, 0.717) is 30.0 Å². The van der Waals surface area contributed by atoms with Crippen molar-refractivity contribution in [3.05, 3.63) is 107 Å². The zero-order chi connectivity index (χ0) is 43.7. The van der Waals surface area contributed by atoms with Gasteiger partial charge in [-0.2, -0.15) is 0 Å². The summed E-state index contributed by atoms with van der Waals surface area (Å²) in [6.45, 7) is 0.811. The second kappa shape index (κ2) is 19.8. The van der Waals surface area contributed by atoms with E-state index < -0.39 is 72.0 Å². The first-order valence-electron chi connectivity index (χ1n) is 19.0. The average Bonchev–Trinajstić information content (AvgIpc) is 3.23. The molecule has 0 saturated carbocycles. The second-order valence-electron chi connectivity index (χ2n) is 14.3. The minimum absolute atomic E-state index is 0.0579. The Morgan fingerprint density at radius 3 is 2.10 bits per heavy atom. The van der Waals surface area contributed by atoms with Gasteiger partial charge in [-0.1, -0.05) is 48.0 Å². The van der Waals surface area contributed by atoms with E-state index in [2.05, 4.69) is 21.3 Å². The Kier molecular flexibility index (Phi) is 14.6. The molecule has 4 aromatic rings.